The molecule has 0 aromatic heterocycles. The van der Waals surface area contributed by atoms with Gasteiger partial charge in [0, 0.05) is 25.7 Å². The highest BCUT2D eigenvalue weighted by molar-refractivity contribution is 7.89. The quantitative estimate of drug-likeness (QED) is 0.394. The first-order valence-corrected chi connectivity index (χ1v) is 16.3. The minimum absolute atomic E-state index is 0.0595. The number of ether oxygens (including phenoxy) is 1. The molecule has 0 bridgehead atoms. The maximum absolute atomic E-state index is 13.4. The summed E-state index contributed by atoms with van der Waals surface area (Å²) in [4.78, 5) is 15.1. The lowest BCUT2D eigenvalue weighted by molar-refractivity contribution is -0.127. The van der Waals surface area contributed by atoms with Crippen LogP contribution in [-0.4, -0.2) is 70.0 Å². The number of halogens is 1. The molecule has 1 N–H and O–H groups in total. The predicted molar refractivity (Wildman–Crippen MR) is 160 cm³/mol. The number of hydrogen-bond donors (Lipinski definition) is 1. The van der Waals surface area contributed by atoms with E-state index in [-0.39, 0.29) is 37.0 Å². The van der Waals surface area contributed by atoms with Gasteiger partial charge in [0.2, 0.25) is 15.9 Å². The van der Waals surface area contributed by atoms with E-state index >= 15 is 0 Å². The van der Waals surface area contributed by atoms with Crippen LogP contribution < -0.4 is 5.32 Å². The van der Waals surface area contributed by atoms with Crippen molar-refractivity contribution < 1.29 is 22.3 Å². The molecule has 2 aromatic carbocycles. The molecule has 2 atom stereocenters. The molecule has 1 heterocycles. The van der Waals surface area contributed by atoms with Crippen molar-refractivity contribution in [3.8, 4) is 0 Å². The molecule has 226 valence electrons. The third-order valence-corrected chi connectivity index (χ3v) is 10.9. The molecule has 9 heteroatoms. The summed E-state index contributed by atoms with van der Waals surface area (Å²) in [6.07, 6.45) is 5.69. The van der Waals surface area contributed by atoms with E-state index < -0.39 is 10.0 Å². The van der Waals surface area contributed by atoms with Crippen molar-refractivity contribution in [2.75, 3.05) is 40.3 Å². The van der Waals surface area contributed by atoms with Gasteiger partial charge < -0.3 is 15.0 Å². The highest BCUT2D eigenvalue weighted by atomic mass is 32.2. The van der Waals surface area contributed by atoms with Gasteiger partial charge >= 0.3 is 0 Å². The Morgan fingerprint density at radius 3 is 2.29 bits per heavy atom. The molecule has 0 radical (unpaired) electrons. The minimum atomic E-state index is -3.61. The Morgan fingerprint density at radius 2 is 1.68 bits per heavy atom. The monoisotopic (exact) mass is 587 g/mol. The number of amides is 1. The van der Waals surface area contributed by atoms with Gasteiger partial charge in [-0.05, 0) is 101 Å². The predicted octanol–water partition coefficient (Wildman–Crippen LogP) is 5.15. The van der Waals surface area contributed by atoms with Crippen molar-refractivity contribution in [3.63, 3.8) is 0 Å². The fourth-order valence-corrected chi connectivity index (χ4v) is 8.76. The second-order valence-corrected chi connectivity index (χ2v) is 14.1. The second-order valence-electron chi connectivity index (χ2n) is 12.2. The van der Waals surface area contributed by atoms with Crippen LogP contribution >= 0.6 is 0 Å². The molecule has 1 amide bonds. The van der Waals surface area contributed by atoms with E-state index in [0.717, 1.165) is 54.4 Å². The molecule has 2 fully saturated rings. The molecule has 1 aliphatic carbocycles. The number of hydrogen-bond acceptors (Lipinski definition) is 5. The molecule has 7 nitrogen and oxygen atoms in total. The van der Waals surface area contributed by atoms with Crippen LogP contribution in [0, 0.1) is 38.4 Å². The van der Waals surface area contributed by atoms with E-state index in [4.69, 9.17) is 4.74 Å². The topological polar surface area (TPSA) is 78.9 Å². The Hall–Kier alpha value is -2.33. The molecule has 2 unspecified atom stereocenters. The standard InChI is InChI=1S/C32H46FN3O4S/c1-22-18-23(2)32(24(3)19-22)41(38,39)36-17-15-29(20-36)40-21-30(37)34-16-14-25-6-8-26(9-7-25)31(35(4)5)27-10-12-28(33)13-11-27/h10-13,18-19,25-26,29,31H,6-9,14-17,20-21H2,1-5H3,(H,34,37). The second kappa shape index (κ2) is 13.8. The van der Waals surface area contributed by atoms with E-state index in [2.05, 4.69) is 24.3 Å². The fraction of sp³-hybridized carbons (Fsp3) is 0.594. The van der Waals surface area contributed by atoms with E-state index in [1.165, 1.54) is 4.31 Å². The van der Waals surface area contributed by atoms with Crippen LogP contribution in [-0.2, 0) is 19.6 Å². The van der Waals surface area contributed by atoms with Gasteiger partial charge in [0.1, 0.15) is 12.4 Å². The first-order chi connectivity index (χ1) is 19.5. The number of nitrogens with zero attached hydrogens (tertiary/aromatic N) is 2. The Labute approximate surface area is 245 Å². The largest absolute Gasteiger partial charge is 0.367 e. The first kappa shape index (κ1) is 31.6. The SMILES string of the molecule is Cc1cc(C)c(S(=O)(=O)N2CCC(OCC(=O)NCCC3CCC(C(c4ccc(F)cc4)N(C)C)CC3)C2)c(C)c1. The number of benzene rings is 2. The van der Waals surface area contributed by atoms with E-state index in [1.807, 2.05) is 45.0 Å². The van der Waals surface area contributed by atoms with Crippen molar-refractivity contribution >= 4 is 15.9 Å². The van der Waals surface area contributed by atoms with Crippen LogP contribution in [0.4, 0.5) is 4.39 Å². The highest BCUT2D eigenvalue weighted by Gasteiger charge is 2.35. The van der Waals surface area contributed by atoms with Gasteiger partial charge in [-0.3, -0.25) is 4.79 Å². The van der Waals surface area contributed by atoms with E-state index in [9.17, 15) is 17.6 Å². The van der Waals surface area contributed by atoms with Crippen molar-refractivity contribution in [1.82, 2.24) is 14.5 Å². The lowest BCUT2D eigenvalue weighted by atomic mass is 9.75. The summed E-state index contributed by atoms with van der Waals surface area (Å²) in [5, 5.41) is 2.99. The molecule has 1 aliphatic heterocycles. The van der Waals surface area contributed by atoms with Crippen molar-refractivity contribution in [2.45, 2.75) is 76.3 Å². The van der Waals surface area contributed by atoms with E-state index in [0.29, 0.717) is 36.2 Å². The molecule has 2 aromatic rings. The summed E-state index contributed by atoms with van der Waals surface area (Å²) in [5.41, 5.74) is 3.71. The van der Waals surface area contributed by atoms with Crippen LogP contribution in [0.3, 0.4) is 0 Å². The molecule has 4 rings (SSSR count). The number of carbonyl (C=O) groups excluding carboxylic acids is 1. The third-order valence-electron chi connectivity index (χ3n) is 8.74. The van der Waals surface area contributed by atoms with Crippen molar-refractivity contribution in [2.24, 2.45) is 11.8 Å². The van der Waals surface area contributed by atoms with Crippen molar-refractivity contribution in [3.05, 3.63) is 64.5 Å². The number of carbonyl (C=O) groups is 1. The number of aryl methyl sites for hydroxylation is 3. The number of rotatable bonds is 11. The molecule has 41 heavy (non-hydrogen) atoms. The van der Waals surface area contributed by atoms with Gasteiger partial charge in [-0.15, -0.1) is 0 Å². The summed E-state index contributed by atoms with van der Waals surface area (Å²) >= 11 is 0. The average Bonchev–Trinajstić information content (AvgIpc) is 3.39. The summed E-state index contributed by atoms with van der Waals surface area (Å²) in [6.45, 7) is 6.84. The molecule has 0 spiro atoms. The van der Waals surface area contributed by atoms with Crippen LogP contribution in [0.5, 0.6) is 0 Å². The van der Waals surface area contributed by atoms with Gasteiger partial charge in [0.15, 0.2) is 0 Å². The Bertz CT molecular complexity index is 1270. The Kier molecular flexibility index (Phi) is 10.6. The minimum Gasteiger partial charge on any atom is -0.367 e. The van der Waals surface area contributed by atoms with Crippen LogP contribution in [0.2, 0.25) is 0 Å². The summed E-state index contributed by atoms with van der Waals surface area (Å²) < 4.78 is 47.3. The maximum atomic E-state index is 13.4. The lowest BCUT2D eigenvalue weighted by Gasteiger charge is -2.37. The Morgan fingerprint density at radius 1 is 1.05 bits per heavy atom. The zero-order chi connectivity index (χ0) is 29.7. The van der Waals surface area contributed by atoms with Gasteiger partial charge in [-0.25, -0.2) is 12.8 Å². The van der Waals surface area contributed by atoms with Crippen LogP contribution in [0.25, 0.3) is 0 Å². The first-order valence-electron chi connectivity index (χ1n) is 14.8. The molecule has 1 saturated carbocycles. The smallest absolute Gasteiger partial charge is 0.246 e. The van der Waals surface area contributed by atoms with Gasteiger partial charge in [-0.2, -0.15) is 4.31 Å². The van der Waals surface area contributed by atoms with Gasteiger partial charge in [0.05, 0.1) is 11.0 Å². The zero-order valence-corrected chi connectivity index (χ0v) is 26.0. The lowest BCUT2D eigenvalue weighted by Crippen LogP contribution is -2.34. The normalized spacial score (nSPS) is 22.7. The van der Waals surface area contributed by atoms with Gasteiger partial charge in [0.25, 0.3) is 0 Å². The maximum Gasteiger partial charge on any atom is 0.246 e. The molecule has 1 saturated heterocycles. The summed E-state index contributed by atoms with van der Waals surface area (Å²) in [6, 6.07) is 11.0. The van der Waals surface area contributed by atoms with E-state index in [1.54, 1.807) is 12.1 Å². The highest BCUT2D eigenvalue weighted by Crippen LogP contribution is 2.40. The van der Waals surface area contributed by atoms with Crippen LogP contribution in [0.1, 0.15) is 66.8 Å². The Balaban J connectivity index is 1.16. The number of sulfonamides is 1. The van der Waals surface area contributed by atoms with Crippen LogP contribution in [0.15, 0.2) is 41.3 Å². The average molecular weight is 588 g/mol. The van der Waals surface area contributed by atoms with Crippen molar-refractivity contribution in [1.29, 1.82) is 0 Å². The molecular weight excluding hydrogens is 541 g/mol. The zero-order valence-electron chi connectivity index (χ0n) is 25.2. The fourth-order valence-electron chi connectivity index (χ4n) is 6.86. The summed E-state index contributed by atoms with van der Waals surface area (Å²) in [7, 11) is 0.566. The van der Waals surface area contributed by atoms with Gasteiger partial charge in [-0.1, -0.05) is 42.7 Å². The summed E-state index contributed by atoms with van der Waals surface area (Å²) in [5.74, 6) is 0.743. The molecular formula is C32H46FN3O4S. The molecule has 2 aliphatic rings. The third kappa shape index (κ3) is 7.95. The number of nitrogens with one attached hydrogen (secondary N) is 1.